The number of carbonyl (C=O) groups is 1. The number of aromatic nitrogens is 1. The van der Waals surface area contributed by atoms with Crippen LogP contribution in [-0.4, -0.2) is 11.0 Å². The van der Waals surface area contributed by atoms with E-state index in [1.165, 1.54) is 12.1 Å². The summed E-state index contributed by atoms with van der Waals surface area (Å²) in [6, 6.07) is 12.3. The van der Waals surface area contributed by atoms with Gasteiger partial charge in [-0.25, -0.2) is 4.79 Å². The van der Waals surface area contributed by atoms with Crippen molar-refractivity contribution in [2.75, 3.05) is 10.6 Å². The predicted octanol–water partition coefficient (Wildman–Crippen LogP) is 5.85. The minimum atomic E-state index is -4.48. The van der Waals surface area contributed by atoms with Gasteiger partial charge in [0.1, 0.15) is 11.5 Å². The van der Waals surface area contributed by atoms with Crippen molar-refractivity contribution in [2.45, 2.75) is 13.1 Å². The number of hydrogen-bond donors (Lipinski definition) is 2. The van der Waals surface area contributed by atoms with E-state index < -0.39 is 17.8 Å². The fourth-order valence-corrected chi connectivity index (χ4v) is 2.44. The fraction of sp³-hybridized carbons (Fsp3) is 0.100. The molecular weight excluding hydrogens is 371 g/mol. The van der Waals surface area contributed by atoms with Crippen molar-refractivity contribution < 1.29 is 22.7 Å². The van der Waals surface area contributed by atoms with E-state index in [-0.39, 0.29) is 5.69 Å². The Hall–Kier alpha value is -3.55. The van der Waals surface area contributed by atoms with Crippen molar-refractivity contribution in [1.82, 2.24) is 4.98 Å². The molecule has 8 heteroatoms. The highest BCUT2D eigenvalue weighted by Gasteiger charge is 2.30. The van der Waals surface area contributed by atoms with Gasteiger partial charge in [0.05, 0.1) is 5.56 Å². The van der Waals surface area contributed by atoms with Crippen LogP contribution >= 0.6 is 0 Å². The van der Waals surface area contributed by atoms with Gasteiger partial charge in [0.2, 0.25) is 0 Å². The normalized spacial score (nSPS) is 11.0. The summed E-state index contributed by atoms with van der Waals surface area (Å²) in [5.41, 5.74) is 0.444. The highest BCUT2D eigenvalue weighted by atomic mass is 19.4. The van der Waals surface area contributed by atoms with Crippen molar-refractivity contribution >= 4 is 17.4 Å². The molecule has 144 valence electrons. The predicted molar refractivity (Wildman–Crippen MR) is 99.6 cm³/mol. The zero-order chi connectivity index (χ0) is 20.1. The molecule has 0 atom stereocenters. The first-order chi connectivity index (χ1) is 13.3. The van der Waals surface area contributed by atoms with Gasteiger partial charge in [-0.1, -0.05) is 6.07 Å². The smallest absolute Gasteiger partial charge is 0.416 e. The minimum absolute atomic E-state index is 0.0441. The van der Waals surface area contributed by atoms with Crippen LogP contribution in [0, 0.1) is 6.92 Å². The van der Waals surface area contributed by atoms with Gasteiger partial charge in [-0.05, 0) is 61.0 Å². The summed E-state index contributed by atoms with van der Waals surface area (Å²) in [5, 5.41) is 5.01. The third-order valence-corrected chi connectivity index (χ3v) is 3.78. The van der Waals surface area contributed by atoms with Crippen LogP contribution in [0.1, 0.15) is 11.1 Å². The summed E-state index contributed by atoms with van der Waals surface area (Å²) in [4.78, 5) is 16.0. The number of nitrogens with one attached hydrogen (secondary N) is 2. The molecule has 3 rings (SSSR count). The molecule has 28 heavy (non-hydrogen) atoms. The van der Waals surface area contributed by atoms with Crippen LogP contribution in [0.25, 0.3) is 0 Å². The maximum Gasteiger partial charge on any atom is 0.416 e. The second kappa shape index (κ2) is 7.99. The second-order valence-corrected chi connectivity index (χ2v) is 5.92. The van der Waals surface area contributed by atoms with Crippen molar-refractivity contribution in [1.29, 1.82) is 0 Å². The van der Waals surface area contributed by atoms with Gasteiger partial charge >= 0.3 is 12.2 Å². The molecule has 2 amide bonds. The zero-order valence-electron chi connectivity index (χ0n) is 14.7. The largest absolute Gasteiger partial charge is 0.457 e. The highest BCUT2D eigenvalue weighted by Crippen LogP contribution is 2.31. The summed E-state index contributed by atoms with van der Waals surface area (Å²) in [7, 11) is 0. The van der Waals surface area contributed by atoms with Gasteiger partial charge in [-0.15, -0.1) is 0 Å². The number of benzene rings is 2. The van der Waals surface area contributed by atoms with Crippen LogP contribution < -0.4 is 15.4 Å². The number of halogens is 3. The van der Waals surface area contributed by atoms with E-state index >= 15 is 0 Å². The van der Waals surface area contributed by atoms with Crippen LogP contribution in [0.15, 0.2) is 67.0 Å². The Kier molecular flexibility index (Phi) is 5.49. The summed E-state index contributed by atoms with van der Waals surface area (Å²) in [6.07, 6.45) is -1.26. The van der Waals surface area contributed by atoms with Gasteiger partial charge < -0.3 is 15.4 Å². The summed E-state index contributed by atoms with van der Waals surface area (Å²) >= 11 is 0. The zero-order valence-corrected chi connectivity index (χ0v) is 14.7. The first-order valence-electron chi connectivity index (χ1n) is 8.25. The van der Waals surface area contributed by atoms with Gasteiger partial charge in [0.25, 0.3) is 0 Å². The number of rotatable bonds is 4. The molecule has 2 N–H and O–H groups in total. The lowest BCUT2D eigenvalue weighted by Gasteiger charge is -2.13. The number of hydrogen-bond acceptors (Lipinski definition) is 3. The number of carbonyl (C=O) groups excluding carboxylic acids is 1. The Bertz CT molecular complexity index is 976. The quantitative estimate of drug-likeness (QED) is 0.591. The number of aryl methyl sites for hydroxylation is 1. The number of anilines is 2. The van der Waals surface area contributed by atoms with Crippen LogP contribution in [0.5, 0.6) is 11.5 Å². The molecule has 0 unspecified atom stereocenters. The molecule has 2 aromatic carbocycles. The molecule has 0 bridgehead atoms. The molecule has 5 nitrogen and oxygen atoms in total. The topological polar surface area (TPSA) is 63.2 Å². The molecule has 3 aromatic rings. The number of nitrogens with zero attached hydrogens (tertiary/aromatic N) is 1. The van der Waals surface area contributed by atoms with Crippen molar-refractivity contribution in [2.24, 2.45) is 0 Å². The lowest BCUT2D eigenvalue weighted by Crippen LogP contribution is -2.20. The molecule has 0 saturated carbocycles. The number of pyridine rings is 1. The van der Waals surface area contributed by atoms with Crippen LogP contribution in [0.3, 0.4) is 0 Å². The molecule has 1 heterocycles. The first-order valence-corrected chi connectivity index (χ1v) is 8.25. The third kappa shape index (κ3) is 5.00. The number of urea groups is 1. The van der Waals surface area contributed by atoms with Crippen LogP contribution in [0.2, 0.25) is 0 Å². The molecule has 0 aliphatic carbocycles. The van der Waals surface area contributed by atoms with E-state index in [0.29, 0.717) is 17.2 Å². The van der Waals surface area contributed by atoms with E-state index in [0.717, 1.165) is 17.7 Å². The lowest BCUT2D eigenvalue weighted by atomic mass is 10.2. The molecule has 0 aliphatic heterocycles. The number of alkyl halides is 3. The summed E-state index contributed by atoms with van der Waals surface area (Å²) < 4.78 is 44.0. The van der Waals surface area contributed by atoms with E-state index in [2.05, 4.69) is 15.6 Å². The molecule has 0 fully saturated rings. The Morgan fingerprint density at radius 2 is 1.71 bits per heavy atom. The Balaban J connectivity index is 1.66. The summed E-state index contributed by atoms with van der Waals surface area (Å²) in [5.74, 6) is 1.20. The highest BCUT2D eigenvalue weighted by molar-refractivity contribution is 6.00. The Labute approximate surface area is 159 Å². The molecular formula is C20H16F3N3O2. The van der Waals surface area contributed by atoms with Gasteiger partial charge in [-0.2, -0.15) is 13.2 Å². The standard InChI is InChI=1S/C20H16F3N3O2/c1-13-11-17(28-16-7-9-24-10-8-16)5-6-18(13)26-19(27)25-15-4-2-3-14(12-15)20(21,22)23/h2-12H,1H3,(H2,25,26,27). The van der Waals surface area contributed by atoms with Gasteiger partial charge in [0, 0.05) is 23.8 Å². The average Bonchev–Trinajstić information content (AvgIpc) is 2.64. The van der Waals surface area contributed by atoms with Crippen LogP contribution in [-0.2, 0) is 6.18 Å². The Morgan fingerprint density at radius 1 is 0.964 bits per heavy atom. The van der Waals surface area contributed by atoms with Crippen molar-refractivity contribution in [3.8, 4) is 11.5 Å². The third-order valence-electron chi connectivity index (χ3n) is 3.78. The fourth-order valence-electron chi connectivity index (χ4n) is 2.44. The van der Waals surface area contributed by atoms with E-state index in [1.54, 1.807) is 49.6 Å². The molecule has 0 radical (unpaired) electrons. The first kappa shape index (κ1) is 19.2. The van der Waals surface area contributed by atoms with Gasteiger partial charge in [0.15, 0.2) is 0 Å². The molecule has 0 saturated heterocycles. The van der Waals surface area contributed by atoms with E-state index in [9.17, 15) is 18.0 Å². The monoisotopic (exact) mass is 387 g/mol. The lowest BCUT2D eigenvalue weighted by molar-refractivity contribution is -0.137. The maximum atomic E-state index is 12.8. The number of amides is 2. The molecule has 0 spiro atoms. The number of ether oxygens (including phenoxy) is 1. The molecule has 1 aromatic heterocycles. The summed E-state index contributed by atoms with van der Waals surface area (Å²) in [6.45, 7) is 1.78. The van der Waals surface area contributed by atoms with Crippen LogP contribution in [0.4, 0.5) is 29.3 Å². The molecule has 0 aliphatic rings. The average molecular weight is 387 g/mol. The second-order valence-electron chi connectivity index (χ2n) is 5.92. The van der Waals surface area contributed by atoms with Crippen molar-refractivity contribution in [3.05, 3.63) is 78.1 Å². The SMILES string of the molecule is Cc1cc(Oc2ccncc2)ccc1NC(=O)Nc1cccc(C(F)(F)F)c1. The van der Waals surface area contributed by atoms with Crippen molar-refractivity contribution in [3.63, 3.8) is 0 Å². The van der Waals surface area contributed by atoms with E-state index in [4.69, 9.17) is 4.74 Å². The maximum absolute atomic E-state index is 12.8. The minimum Gasteiger partial charge on any atom is -0.457 e. The van der Waals surface area contributed by atoms with E-state index in [1.807, 2.05) is 0 Å². The van der Waals surface area contributed by atoms with Gasteiger partial charge in [-0.3, -0.25) is 4.98 Å². The Morgan fingerprint density at radius 3 is 2.39 bits per heavy atom.